The summed E-state index contributed by atoms with van der Waals surface area (Å²) < 4.78 is 28.8. The fourth-order valence-electron chi connectivity index (χ4n) is 3.23. The average molecular weight is 601 g/mol. The van der Waals surface area contributed by atoms with Gasteiger partial charge < -0.3 is 28.1 Å². The number of carbonyl (C=O) groups excluding carboxylic acids is 2. The largest absolute Gasteiger partial charge is 0.500 e. The number of unbranched alkanes of at least 4 members (excludes halogenated alkanes) is 2. The van der Waals surface area contributed by atoms with Crippen LogP contribution in [0.25, 0.3) is 0 Å². The van der Waals surface area contributed by atoms with E-state index in [0.29, 0.717) is 60.0 Å². The van der Waals surface area contributed by atoms with Crippen molar-refractivity contribution in [1.82, 2.24) is 5.32 Å². The Morgan fingerprint density at radius 3 is 2.19 bits per heavy atom. The van der Waals surface area contributed by atoms with Gasteiger partial charge in [-0.3, -0.25) is 0 Å². The molecular weight excluding hydrogens is 566 g/mol. The molecule has 0 radical (unpaired) electrons. The van der Waals surface area contributed by atoms with E-state index in [-0.39, 0.29) is 0 Å². The third-order valence-corrected chi connectivity index (χ3v) is 8.53. The van der Waals surface area contributed by atoms with E-state index >= 15 is 0 Å². The fraction of sp³-hybridized carbons (Fsp3) is 0.714. The van der Waals surface area contributed by atoms with E-state index in [4.69, 9.17) is 22.8 Å². The van der Waals surface area contributed by atoms with Gasteiger partial charge in [-0.05, 0) is 78.0 Å². The third kappa shape index (κ3) is 10.0. The van der Waals surface area contributed by atoms with Crippen LogP contribution in [0.2, 0.25) is 6.04 Å². The number of amides is 1. The van der Waals surface area contributed by atoms with Gasteiger partial charge in [-0.25, -0.2) is 9.59 Å². The van der Waals surface area contributed by atoms with E-state index in [1.54, 1.807) is 6.08 Å². The van der Waals surface area contributed by atoms with Crippen LogP contribution in [-0.2, 0) is 27.5 Å². The topological polar surface area (TPSA) is 92.3 Å². The highest BCUT2D eigenvalue weighted by Crippen LogP contribution is 2.31. The molecule has 11 heteroatoms. The number of rotatable bonds is 16. The van der Waals surface area contributed by atoms with Crippen LogP contribution in [0.5, 0.6) is 0 Å². The molecule has 1 rings (SSSR count). The zero-order valence-electron chi connectivity index (χ0n) is 19.3. The van der Waals surface area contributed by atoms with Gasteiger partial charge in [0.15, 0.2) is 5.76 Å². The van der Waals surface area contributed by atoms with Crippen molar-refractivity contribution >= 4 is 52.7 Å². The highest BCUT2D eigenvalue weighted by molar-refractivity contribution is 9.28. The summed E-state index contributed by atoms with van der Waals surface area (Å²) in [5.41, 5.74) is 0.332. The molecule has 1 aliphatic rings. The summed E-state index contributed by atoms with van der Waals surface area (Å²) in [4.78, 5) is 24.7. The predicted molar refractivity (Wildman–Crippen MR) is 132 cm³/mol. The summed E-state index contributed by atoms with van der Waals surface area (Å²) in [6.45, 7) is 9.71. The smallest absolute Gasteiger partial charge is 0.441 e. The molecule has 0 aromatic heterocycles. The summed E-state index contributed by atoms with van der Waals surface area (Å²) in [6, 6.07) is 0.591. The number of allylic oxidation sites excluding steroid dienone is 1. The van der Waals surface area contributed by atoms with Crippen molar-refractivity contribution in [1.29, 1.82) is 0 Å². The number of halogens is 2. The molecule has 0 bridgehead atoms. The molecule has 32 heavy (non-hydrogen) atoms. The lowest BCUT2D eigenvalue weighted by molar-refractivity contribution is -0.134. The lowest BCUT2D eigenvalue weighted by Gasteiger charge is -2.28. The van der Waals surface area contributed by atoms with Crippen LogP contribution in [0.4, 0.5) is 4.79 Å². The van der Waals surface area contributed by atoms with Crippen molar-refractivity contribution in [3.63, 3.8) is 0 Å². The molecule has 1 aliphatic heterocycles. The Hall–Kier alpha value is -0.723. The first-order valence-corrected chi connectivity index (χ1v) is 14.7. The van der Waals surface area contributed by atoms with Gasteiger partial charge >= 0.3 is 20.9 Å². The molecular formula is C21H35Br2NO7Si. The highest BCUT2D eigenvalue weighted by atomic mass is 79.9. The maximum absolute atomic E-state index is 12.4. The van der Waals surface area contributed by atoms with Crippen molar-refractivity contribution in [3.05, 3.63) is 20.8 Å². The molecule has 0 spiro atoms. The van der Waals surface area contributed by atoms with E-state index in [9.17, 15) is 9.59 Å². The first kappa shape index (κ1) is 29.3. The number of carbonyl (C=O) groups is 2. The molecule has 1 heterocycles. The molecule has 0 saturated heterocycles. The summed E-state index contributed by atoms with van der Waals surface area (Å²) >= 11 is 6.48. The second kappa shape index (κ2) is 16.0. The van der Waals surface area contributed by atoms with Gasteiger partial charge in [-0.1, -0.05) is 19.8 Å². The van der Waals surface area contributed by atoms with Crippen LogP contribution >= 0.6 is 31.9 Å². The van der Waals surface area contributed by atoms with Crippen LogP contribution in [0, 0.1) is 0 Å². The van der Waals surface area contributed by atoms with Crippen LogP contribution in [0.15, 0.2) is 20.8 Å². The van der Waals surface area contributed by atoms with E-state index in [2.05, 4.69) is 44.1 Å². The fourth-order valence-corrected chi connectivity index (χ4v) is 6.23. The maximum atomic E-state index is 12.4. The van der Waals surface area contributed by atoms with Crippen molar-refractivity contribution in [2.24, 2.45) is 0 Å². The molecule has 1 unspecified atom stereocenters. The Morgan fingerprint density at radius 2 is 1.69 bits per heavy atom. The van der Waals surface area contributed by atoms with Crippen molar-refractivity contribution in [3.8, 4) is 0 Å². The quantitative estimate of drug-likeness (QED) is 0.141. The van der Waals surface area contributed by atoms with E-state index < -0.39 is 27.0 Å². The molecule has 1 amide bonds. The molecule has 1 atom stereocenters. The molecule has 1 N–H and O–H groups in total. The lowest BCUT2D eigenvalue weighted by atomic mass is 10.0. The standard InChI is InChI=1S/C21H35Br2NO7Si/c1-5-9-10-12-17(16-15-18(19(22)23)30-20(16)25)31-21(26)24-13-11-14-32(27-6-2,28-7-3)29-8-4/h15,17H,5-14H2,1-4H3,(H,24,26). The van der Waals surface area contributed by atoms with Gasteiger partial charge in [0.1, 0.15) is 9.50 Å². The van der Waals surface area contributed by atoms with Crippen molar-refractivity contribution in [2.45, 2.75) is 71.9 Å². The number of hydrogen-bond acceptors (Lipinski definition) is 7. The Balaban J connectivity index is 2.68. The van der Waals surface area contributed by atoms with Gasteiger partial charge in [0.25, 0.3) is 0 Å². The minimum absolute atomic E-state index is 0.332. The van der Waals surface area contributed by atoms with Crippen molar-refractivity contribution < 1.29 is 32.3 Å². The molecule has 0 fully saturated rings. The van der Waals surface area contributed by atoms with Gasteiger partial charge in [-0.15, -0.1) is 0 Å². The first-order valence-electron chi connectivity index (χ1n) is 11.2. The van der Waals surface area contributed by atoms with Crippen LogP contribution in [0.3, 0.4) is 0 Å². The predicted octanol–water partition coefficient (Wildman–Crippen LogP) is 5.54. The number of ether oxygens (including phenoxy) is 2. The summed E-state index contributed by atoms with van der Waals surface area (Å²) in [5.74, 6) is -0.148. The Labute approximate surface area is 209 Å². The molecule has 184 valence electrons. The number of esters is 1. The van der Waals surface area contributed by atoms with Gasteiger partial charge in [0.2, 0.25) is 0 Å². The van der Waals surface area contributed by atoms with Crippen LogP contribution in [0.1, 0.15) is 59.8 Å². The molecule has 0 aliphatic carbocycles. The summed E-state index contributed by atoms with van der Waals surface area (Å²) in [6.07, 6.45) is 4.34. The number of cyclic esters (lactones) is 1. The number of alkyl carbamates (subject to hydrolysis) is 1. The monoisotopic (exact) mass is 599 g/mol. The minimum Gasteiger partial charge on any atom is -0.441 e. The molecule has 8 nitrogen and oxygen atoms in total. The lowest BCUT2D eigenvalue weighted by Crippen LogP contribution is -2.46. The average Bonchev–Trinajstić information content (AvgIpc) is 3.13. The Morgan fingerprint density at radius 1 is 1.06 bits per heavy atom. The van der Waals surface area contributed by atoms with Crippen molar-refractivity contribution in [2.75, 3.05) is 26.4 Å². The minimum atomic E-state index is -2.75. The SMILES string of the molecule is CCCCCC(OC(=O)NCCC[Si](OCC)(OCC)OCC)C1=CC(=C(Br)Br)OC1=O. The van der Waals surface area contributed by atoms with Gasteiger partial charge in [0, 0.05) is 32.4 Å². The van der Waals surface area contributed by atoms with Gasteiger partial charge in [0.05, 0.1) is 5.57 Å². The Bertz CT molecular complexity index is 652. The Kier molecular flexibility index (Phi) is 14.7. The highest BCUT2D eigenvalue weighted by Gasteiger charge is 2.39. The van der Waals surface area contributed by atoms with Gasteiger partial charge in [-0.2, -0.15) is 0 Å². The summed E-state index contributed by atoms with van der Waals surface area (Å²) in [5, 5.41) is 2.76. The third-order valence-electron chi connectivity index (χ3n) is 4.60. The van der Waals surface area contributed by atoms with Crippen LogP contribution < -0.4 is 5.32 Å². The molecule has 0 aromatic carbocycles. The zero-order chi connectivity index (χ0) is 24.0. The summed E-state index contributed by atoms with van der Waals surface area (Å²) in [7, 11) is -2.75. The van der Waals surface area contributed by atoms with E-state index in [1.165, 1.54) is 0 Å². The van der Waals surface area contributed by atoms with Crippen LogP contribution in [-0.4, -0.2) is 53.3 Å². The first-order chi connectivity index (χ1) is 15.3. The second-order valence-electron chi connectivity index (χ2n) is 7.02. The molecule has 0 saturated carbocycles. The molecule has 0 aromatic rings. The van der Waals surface area contributed by atoms with E-state index in [1.807, 2.05) is 20.8 Å². The second-order valence-corrected chi connectivity index (χ2v) is 12.4. The number of hydrogen-bond donors (Lipinski definition) is 1. The van der Waals surface area contributed by atoms with E-state index in [0.717, 1.165) is 19.3 Å². The normalized spacial score (nSPS) is 14.8. The zero-order valence-corrected chi connectivity index (χ0v) is 23.5. The maximum Gasteiger partial charge on any atom is 0.500 e. The number of nitrogens with one attached hydrogen (secondary N) is 1.